The molecule has 0 radical (unpaired) electrons. The first kappa shape index (κ1) is 25.2. The number of nitrogens with zero attached hydrogens (tertiary/aromatic N) is 1. The summed E-state index contributed by atoms with van der Waals surface area (Å²) >= 11 is 0. The van der Waals surface area contributed by atoms with E-state index in [9.17, 15) is 23.1 Å². The van der Waals surface area contributed by atoms with Crippen LogP contribution in [0.2, 0.25) is 0 Å². The molecule has 8 nitrogen and oxygen atoms in total. The van der Waals surface area contributed by atoms with Gasteiger partial charge in [0, 0.05) is 18.4 Å². The number of hydrogen-bond acceptors (Lipinski definition) is 6. The number of aromatic carboxylic acids is 1. The minimum absolute atomic E-state index is 0.0276. The van der Waals surface area contributed by atoms with Crippen LogP contribution in [0.5, 0.6) is 11.5 Å². The predicted molar refractivity (Wildman–Crippen MR) is 131 cm³/mol. The molecule has 4 rings (SSSR count). The molecular weight excluding hydrogens is 489 g/mol. The van der Waals surface area contributed by atoms with Crippen molar-refractivity contribution < 1.29 is 37.0 Å². The Kier molecular flexibility index (Phi) is 6.98. The lowest BCUT2D eigenvalue weighted by molar-refractivity contribution is -0.127. The van der Waals surface area contributed by atoms with E-state index in [0.717, 1.165) is 11.2 Å². The average molecular weight is 514 g/mol. The van der Waals surface area contributed by atoms with Crippen molar-refractivity contribution in [2.75, 3.05) is 24.8 Å². The summed E-state index contributed by atoms with van der Waals surface area (Å²) in [4.78, 5) is 25.7. The number of anilines is 1. The van der Waals surface area contributed by atoms with E-state index in [0.29, 0.717) is 17.7 Å². The number of sulfone groups is 1. The van der Waals surface area contributed by atoms with Crippen molar-refractivity contribution in [2.45, 2.75) is 23.8 Å². The third kappa shape index (κ3) is 4.90. The van der Waals surface area contributed by atoms with Gasteiger partial charge in [-0.3, -0.25) is 4.79 Å². The number of hydrogen-bond donors (Lipinski definition) is 1. The van der Waals surface area contributed by atoms with Crippen LogP contribution in [0.4, 0.5) is 10.1 Å². The second-order valence-corrected chi connectivity index (χ2v) is 10.3. The maximum atomic E-state index is 15.8. The fourth-order valence-electron chi connectivity index (χ4n) is 4.21. The summed E-state index contributed by atoms with van der Waals surface area (Å²) in [6, 6.07) is 15.6. The van der Waals surface area contributed by atoms with Crippen molar-refractivity contribution in [3.63, 3.8) is 0 Å². The van der Waals surface area contributed by atoms with Crippen LogP contribution in [0.25, 0.3) is 11.1 Å². The van der Waals surface area contributed by atoms with Gasteiger partial charge in [0.2, 0.25) is 0 Å². The maximum Gasteiger partial charge on any atom is 0.339 e. The van der Waals surface area contributed by atoms with Crippen molar-refractivity contribution in [2.24, 2.45) is 0 Å². The van der Waals surface area contributed by atoms with E-state index in [4.69, 9.17) is 9.47 Å². The lowest BCUT2D eigenvalue weighted by Gasteiger charge is -2.33. The molecule has 36 heavy (non-hydrogen) atoms. The van der Waals surface area contributed by atoms with Gasteiger partial charge in [-0.2, -0.15) is 0 Å². The van der Waals surface area contributed by atoms with Crippen molar-refractivity contribution in [3.8, 4) is 22.6 Å². The molecule has 1 amide bonds. The molecule has 188 valence electrons. The third-order valence-corrected chi connectivity index (χ3v) is 7.04. The maximum absolute atomic E-state index is 15.8. The Hall–Kier alpha value is -3.92. The van der Waals surface area contributed by atoms with E-state index in [2.05, 4.69) is 0 Å². The number of carboxylic acids is 1. The normalized spacial score (nSPS) is 16.0. The Morgan fingerprint density at radius 1 is 1.11 bits per heavy atom. The number of ether oxygens (including phenoxy) is 2. The molecule has 1 aliphatic heterocycles. The number of carboxylic acid groups (broad SMARTS) is 1. The van der Waals surface area contributed by atoms with E-state index >= 15 is 4.39 Å². The summed E-state index contributed by atoms with van der Waals surface area (Å²) in [6.45, 7) is 0.151. The van der Waals surface area contributed by atoms with Crippen LogP contribution in [0.3, 0.4) is 0 Å². The van der Waals surface area contributed by atoms with Gasteiger partial charge in [-0.15, -0.1) is 0 Å². The monoisotopic (exact) mass is 513 g/mol. The Bertz CT molecular complexity index is 1420. The Balaban J connectivity index is 1.71. The molecule has 0 saturated carbocycles. The standard InChI is InChI=1S/C26H24FNO7S/c1-34-17-10-13-21(19(15-17)26(30)31)35-22-9-6-14-28(25(22)29)20-12-11-18(16-7-4-3-5-8-16)24(23(20)27)36(2,32)33/h3-5,7-8,10-13,15,22H,6,9,14H2,1-2H3,(H,30,31). The van der Waals surface area contributed by atoms with Crippen LogP contribution in [0.15, 0.2) is 65.6 Å². The summed E-state index contributed by atoms with van der Waals surface area (Å²) in [7, 11) is -2.60. The fourth-order valence-corrected chi connectivity index (χ4v) is 5.23. The summed E-state index contributed by atoms with van der Waals surface area (Å²) in [5, 5.41) is 9.54. The largest absolute Gasteiger partial charge is 0.497 e. The number of methoxy groups -OCH3 is 1. The molecule has 10 heteroatoms. The molecule has 3 aromatic carbocycles. The molecule has 0 bridgehead atoms. The number of amides is 1. The van der Waals surface area contributed by atoms with Gasteiger partial charge in [-0.25, -0.2) is 17.6 Å². The second kappa shape index (κ2) is 9.98. The zero-order valence-corrected chi connectivity index (χ0v) is 20.4. The average Bonchev–Trinajstić information content (AvgIpc) is 2.85. The predicted octanol–water partition coefficient (Wildman–Crippen LogP) is 4.18. The molecule has 1 aliphatic rings. The first-order chi connectivity index (χ1) is 17.1. The van der Waals surface area contributed by atoms with E-state index in [-0.39, 0.29) is 35.5 Å². The first-order valence-corrected chi connectivity index (χ1v) is 13.0. The fraction of sp³-hybridized carbons (Fsp3) is 0.231. The van der Waals surface area contributed by atoms with Crippen LogP contribution in [0.1, 0.15) is 23.2 Å². The molecule has 1 N–H and O–H groups in total. The second-order valence-electron chi connectivity index (χ2n) is 8.32. The number of rotatable bonds is 7. The smallest absolute Gasteiger partial charge is 0.339 e. The number of benzene rings is 3. The summed E-state index contributed by atoms with van der Waals surface area (Å²) in [6.07, 6.45) is 0.551. The SMILES string of the molecule is COc1ccc(OC2CCCN(c3ccc(-c4ccccc4)c(S(C)(=O)=O)c3F)C2=O)c(C(=O)O)c1. The van der Waals surface area contributed by atoms with Crippen LogP contribution >= 0.6 is 0 Å². The van der Waals surface area contributed by atoms with Crippen LogP contribution in [-0.4, -0.2) is 51.4 Å². The zero-order valence-electron chi connectivity index (χ0n) is 19.6. The van der Waals surface area contributed by atoms with Crippen molar-refractivity contribution in [1.82, 2.24) is 0 Å². The molecule has 0 aliphatic carbocycles. The molecule has 0 spiro atoms. The van der Waals surface area contributed by atoms with Gasteiger partial charge in [0.05, 0.1) is 12.8 Å². The third-order valence-electron chi connectivity index (χ3n) is 5.90. The highest BCUT2D eigenvalue weighted by Gasteiger charge is 2.35. The Morgan fingerprint density at radius 3 is 2.47 bits per heavy atom. The Labute approximate surface area is 207 Å². The minimum atomic E-state index is -4.00. The number of piperidine rings is 1. The van der Waals surface area contributed by atoms with Crippen LogP contribution in [-0.2, 0) is 14.6 Å². The first-order valence-electron chi connectivity index (χ1n) is 11.1. The summed E-state index contributed by atoms with van der Waals surface area (Å²) in [5.41, 5.74) is 0.356. The molecule has 1 heterocycles. The van der Waals surface area contributed by atoms with E-state index in [1.54, 1.807) is 30.3 Å². The van der Waals surface area contributed by atoms with E-state index < -0.39 is 38.5 Å². The van der Waals surface area contributed by atoms with E-state index in [1.165, 1.54) is 37.4 Å². The van der Waals surface area contributed by atoms with Crippen molar-refractivity contribution >= 4 is 27.4 Å². The van der Waals surface area contributed by atoms with Gasteiger partial charge in [-0.05, 0) is 42.7 Å². The summed E-state index contributed by atoms with van der Waals surface area (Å²) in [5.74, 6) is -2.60. The van der Waals surface area contributed by atoms with Gasteiger partial charge in [0.1, 0.15) is 22.0 Å². The van der Waals surface area contributed by atoms with Gasteiger partial charge in [0.25, 0.3) is 5.91 Å². The molecule has 1 saturated heterocycles. The highest BCUT2D eigenvalue weighted by molar-refractivity contribution is 7.90. The Morgan fingerprint density at radius 2 is 1.83 bits per heavy atom. The van der Waals surface area contributed by atoms with Gasteiger partial charge < -0.3 is 19.5 Å². The van der Waals surface area contributed by atoms with Crippen molar-refractivity contribution in [1.29, 1.82) is 0 Å². The highest BCUT2D eigenvalue weighted by Crippen LogP contribution is 2.36. The van der Waals surface area contributed by atoms with Gasteiger partial charge >= 0.3 is 5.97 Å². The number of carbonyl (C=O) groups excluding carboxylic acids is 1. The molecular formula is C26H24FNO7S. The van der Waals surface area contributed by atoms with Crippen LogP contribution < -0.4 is 14.4 Å². The molecule has 1 atom stereocenters. The van der Waals surface area contributed by atoms with Crippen molar-refractivity contribution in [3.05, 3.63) is 72.0 Å². The highest BCUT2D eigenvalue weighted by atomic mass is 32.2. The van der Waals surface area contributed by atoms with E-state index in [1.807, 2.05) is 0 Å². The number of carbonyl (C=O) groups is 2. The summed E-state index contributed by atoms with van der Waals surface area (Å²) < 4.78 is 51.8. The molecule has 3 aromatic rings. The number of halogens is 1. The topological polar surface area (TPSA) is 110 Å². The zero-order chi connectivity index (χ0) is 26.0. The molecule has 1 fully saturated rings. The minimum Gasteiger partial charge on any atom is -0.497 e. The van der Waals surface area contributed by atoms with Gasteiger partial charge in [0.15, 0.2) is 21.8 Å². The van der Waals surface area contributed by atoms with Crippen LogP contribution in [0, 0.1) is 5.82 Å². The molecule has 0 aromatic heterocycles. The quantitative estimate of drug-likeness (QED) is 0.505. The lowest BCUT2D eigenvalue weighted by atomic mass is 10.0. The lowest BCUT2D eigenvalue weighted by Crippen LogP contribution is -2.47. The van der Waals surface area contributed by atoms with Gasteiger partial charge in [-0.1, -0.05) is 36.4 Å². The molecule has 1 unspecified atom stereocenters.